The predicted octanol–water partition coefficient (Wildman–Crippen LogP) is 1.35. The number of hydrogen-bond acceptors (Lipinski definition) is 3. The molecular weight excluding hydrogens is 294 g/mol. The monoisotopic (exact) mass is 321 g/mol. The van der Waals surface area contributed by atoms with E-state index in [1.54, 1.807) is 28.5 Å². The SMILES string of the molecule is Cc1cccc(=O)n1CCCCNC(=O)N1CC[C@H]([C@H](C)O)C1. The van der Waals surface area contributed by atoms with Gasteiger partial charge in [0.25, 0.3) is 5.56 Å². The molecule has 6 nitrogen and oxygen atoms in total. The lowest BCUT2D eigenvalue weighted by molar-refractivity contribution is 0.129. The first-order chi connectivity index (χ1) is 11.0. The summed E-state index contributed by atoms with van der Waals surface area (Å²) in [5.41, 5.74) is 0.984. The van der Waals surface area contributed by atoms with Crippen LogP contribution in [0.2, 0.25) is 0 Å². The van der Waals surface area contributed by atoms with E-state index in [-0.39, 0.29) is 23.6 Å². The fourth-order valence-electron chi connectivity index (χ4n) is 2.98. The standard InChI is InChI=1S/C17H27N3O3/c1-13-6-5-7-16(22)20(13)10-4-3-9-18-17(23)19-11-8-15(12-19)14(2)21/h5-7,14-15,21H,3-4,8-12H2,1-2H3,(H,18,23)/t14-,15-/m0/s1. The van der Waals surface area contributed by atoms with Crippen LogP contribution in [0, 0.1) is 12.8 Å². The lowest BCUT2D eigenvalue weighted by Crippen LogP contribution is -2.39. The molecular formula is C17H27N3O3. The van der Waals surface area contributed by atoms with Crippen molar-refractivity contribution in [1.29, 1.82) is 0 Å². The number of pyridine rings is 1. The fourth-order valence-corrected chi connectivity index (χ4v) is 2.98. The van der Waals surface area contributed by atoms with Gasteiger partial charge in [-0.1, -0.05) is 6.07 Å². The molecule has 0 saturated carbocycles. The Balaban J connectivity index is 1.66. The van der Waals surface area contributed by atoms with Gasteiger partial charge in [-0.2, -0.15) is 0 Å². The number of amides is 2. The third-order valence-corrected chi connectivity index (χ3v) is 4.55. The minimum Gasteiger partial charge on any atom is -0.393 e. The number of carbonyl (C=O) groups is 1. The number of aryl methyl sites for hydroxylation is 1. The second-order valence-electron chi connectivity index (χ2n) is 6.33. The van der Waals surface area contributed by atoms with Gasteiger partial charge in [-0.3, -0.25) is 4.79 Å². The maximum absolute atomic E-state index is 12.0. The van der Waals surface area contributed by atoms with Crippen molar-refractivity contribution in [3.8, 4) is 0 Å². The molecule has 1 fully saturated rings. The quantitative estimate of drug-likeness (QED) is 0.777. The Kier molecular flexibility index (Phi) is 6.21. The van der Waals surface area contributed by atoms with Crippen LogP contribution < -0.4 is 10.9 Å². The van der Waals surface area contributed by atoms with Crippen LogP contribution in [0.15, 0.2) is 23.0 Å². The summed E-state index contributed by atoms with van der Waals surface area (Å²) in [6.45, 7) is 6.32. The maximum atomic E-state index is 12.0. The van der Waals surface area contributed by atoms with Crippen molar-refractivity contribution in [1.82, 2.24) is 14.8 Å². The Morgan fingerprint density at radius 1 is 1.43 bits per heavy atom. The first kappa shape index (κ1) is 17.5. The number of rotatable bonds is 6. The summed E-state index contributed by atoms with van der Waals surface area (Å²) in [6, 6.07) is 5.21. The minimum atomic E-state index is -0.361. The highest BCUT2D eigenvalue weighted by atomic mass is 16.3. The van der Waals surface area contributed by atoms with Crippen molar-refractivity contribution in [2.75, 3.05) is 19.6 Å². The van der Waals surface area contributed by atoms with Crippen LogP contribution in [-0.4, -0.2) is 46.3 Å². The van der Waals surface area contributed by atoms with Crippen molar-refractivity contribution in [2.45, 2.75) is 45.8 Å². The molecule has 0 unspecified atom stereocenters. The van der Waals surface area contributed by atoms with Gasteiger partial charge in [-0.05, 0) is 39.2 Å². The van der Waals surface area contributed by atoms with E-state index in [0.29, 0.717) is 26.2 Å². The second kappa shape index (κ2) is 8.15. The largest absolute Gasteiger partial charge is 0.393 e. The number of aliphatic hydroxyl groups is 1. The molecule has 1 aromatic rings. The number of unbranched alkanes of at least 4 members (excludes halogenated alkanes) is 1. The van der Waals surface area contributed by atoms with E-state index in [2.05, 4.69) is 5.32 Å². The Labute approximate surface area is 137 Å². The molecule has 23 heavy (non-hydrogen) atoms. The zero-order chi connectivity index (χ0) is 16.8. The third-order valence-electron chi connectivity index (χ3n) is 4.55. The number of aromatic nitrogens is 1. The number of likely N-dealkylation sites (tertiary alicyclic amines) is 1. The van der Waals surface area contributed by atoms with E-state index < -0.39 is 0 Å². The molecule has 0 aromatic carbocycles. The topological polar surface area (TPSA) is 74.6 Å². The Morgan fingerprint density at radius 3 is 2.87 bits per heavy atom. The van der Waals surface area contributed by atoms with E-state index in [9.17, 15) is 14.7 Å². The van der Waals surface area contributed by atoms with Crippen LogP contribution in [0.1, 0.15) is 31.9 Å². The number of hydrogen-bond donors (Lipinski definition) is 2. The molecule has 0 aliphatic carbocycles. The lowest BCUT2D eigenvalue weighted by atomic mass is 10.0. The first-order valence-corrected chi connectivity index (χ1v) is 8.36. The van der Waals surface area contributed by atoms with Gasteiger partial charge >= 0.3 is 6.03 Å². The zero-order valence-corrected chi connectivity index (χ0v) is 14.0. The van der Waals surface area contributed by atoms with Crippen molar-refractivity contribution in [3.05, 3.63) is 34.2 Å². The van der Waals surface area contributed by atoms with Gasteiger partial charge in [0, 0.05) is 43.9 Å². The summed E-state index contributed by atoms with van der Waals surface area (Å²) >= 11 is 0. The lowest BCUT2D eigenvalue weighted by Gasteiger charge is -2.18. The molecule has 1 aromatic heterocycles. The molecule has 2 N–H and O–H groups in total. The van der Waals surface area contributed by atoms with Gasteiger partial charge in [0.15, 0.2) is 0 Å². The van der Waals surface area contributed by atoms with Gasteiger partial charge in [0.05, 0.1) is 6.10 Å². The molecule has 2 atom stereocenters. The number of aliphatic hydroxyl groups excluding tert-OH is 1. The van der Waals surface area contributed by atoms with E-state index >= 15 is 0 Å². The predicted molar refractivity (Wildman–Crippen MR) is 89.4 cm³/mol. The number of carbonyl (C=O) groups excluding carboxylic acids is 1. The molecule has 2 amide bonds. The third kappa shape index (κ3) is 4.82. The molecule has 1 saturated heterocycles. The summed E-state index contributed by atoms with van der Waals surface area (Å²) in [7, 11) is 0. The van der Waals surface area contributed by atoms with Crippen LogP contribution in [-0.2, 0) is 6.54 Å². The van der Waals surface area contributed by atoms with Crippen molar-refractivity contribution in [2.24, 2.45) is 5.92 Å². The minimum absolute atomic E-state index is 0.0234. The second-order valence-corrected chi connectivity index (χ2v) is 6.33. The van der Waals surface area contributed by atoms with Gasteiger partial charge in [0.2, 0.25) is 0 Å². The van der Waals surface area contributed by atoms with Gasteiger partial charge in [-0.25, -0.2) is 4.79 Å². The fraction of sp³-hybridized carbons (Fsp3) is 0.647. The smallest absolute Gasteiger partial charge is 0.317 e. The Hall–Kier alpha value is -1.82. The van der Waals surface area contributed by atoms with Crippen molar-refractivity contribution >= 4 is 6.03 Å². The molecule has 2 heterocycles. The van der Waals surface area contributed by atoms with E-state index in [0.717, 1.165) is 25.0 Å². The summed E-state index contributed by atoms with van der Waals surface area (Å²) in [5.74, 6) is 0.189. The Morgan fingerprint density at radius 2 is 2.22 bits per heavy atom. The average molecular weight is 321 g/mol. The molecule has 0 bridgehead atoms. The highest BCUT2D eigenvalue weighted by Crippen LogP contribution is 2.19. The zero-order valence-electron chi connectivity index (χ0n) is 14.0. The van der Waals surface area contributed by atoms with E-state index in [1.807, 2.05) is 13.0 Å². The summed E-state index contributed by atoms with van der Waals surface area (Å²) < 4.78 is 1.76. The van der Waals surface area contributed by atoms with Gasteiger partial charge in [0.1, 0.15) is 0 Å². The van der Waals surface area contributed by atoms with Crippen LogP contribution in [0.3, 0.4) is 0 Å². The number of urea groups is 1. The van der Waals surface area contributed by atoms with Crippen LogP contribution in [0.4, 0.5) is 4.79 Å². The highest BCUT2D eigenvalue weighted by molar-refractivity contribution is 5.74. The Bertz CT molecular complexity index is 583. The molecule has 1 aliphatic heterocycles. The summed E-state index contributed by atoms with van der Waals surface area (Å²) in [4.78, 5) is 25.5. The summed E-state index contributed by atoms with van der Waals surface area (Å²) in [6.07, 6.45) is 2.18. The number of nitrogens with zero attached hydrogens (tertiary/aromatic N) is 2. The molecule has 1 aliphatic rings. The van der Waals surface area contributed by atoms with E-state index in [1.165, 1.54) is 0 Å². The van der Waals surface area contributed by atoms with E-state index in [4.69, 9.17) is 0 Å². The van der Waals surface area contributed by atoms with Gasteiger partial charge < -0.3 is 19.9 Å². The van der Waals surface area contributed by atoms with Crippen LogP contribution in [0.25, 0.3) is 0 Å². The van der Waals surface area contributed by atoms with Crippen LogP contribution >= 0.6 is 0 Å². The molecule has 0 radical (unpaired) electrons. The molecule has 2 rings (SSSR count). The maximum Gasteiger partial charge on any atom is 0.317 e. The molecule has 6 heteroatoms. The summed E-state index contributed by atoms with van der Waals surface area (Å²) in [5, 5.41) is 12.5. The van der Waals surface area contributed by atoms with Crippen molar-refractivity contribution < 1.29 is 9.90 Å². The molecule has 128 valence electrons. The highest BCUT2D eigenvalue weighted by Gasteiger charge is 2.28. The normalized spacial score (nSPS) is 18.9. The average Bonchev–Trinajstić information content (AvgIpc) is 2.99. The van der Waals surface area contributed by atoms with Crippen LogP contribution in [0.5, 0.6) is 0 Å². The first-order valence-electron chi connectivity index (χ1n) is 8.36. The molecule has 0 spiro atoms. The van der Waals surface area contributed by atoms with Gasteiger partial charge in [-0.15, -0.1) is 0 Å². The van der Waals surface area contributed by atoms with Crippen molar-refractivity contribution in [3.63, 3.8) is 0 Å². The number of nitrogens with one attached hydrogen (secondary N) is 1.